The van der Waals surface area contributed by atoms with Crippen LogP contribution in [0, 0.1) is 0 Å². The SMILES string of the molecule is COc1ccc(C(CNC(=O)c2ccc(N3CCCCC3=O)cc2)N(C)C)cc1. The second kappa shape index (κ2) is 9.56. The summed E-state index contributed by atoms with van der Waals surface area (Å²) in [4.78, 5) is 28.6. The molecule has 2 amide bonds. The summed E-state index contributed by atoms with van der Waals surface area (Å²) in [7, 11) is 5.63. The van der Waals surface area contributed by atoms with Gasteiger partial charge < -0.3 is 19.9 Å². The summed E-state index contributed by atoms with van der Waals surface area (Å²) in [6, 6.07) is 15.2. The average Bonchev–Trinajstić information content (AvgIpc) is 2.74. The van der Waals surface area contributed by atoms with E-state index in [4.69, 9.17) is 4.74 Å². The molecule has 29 heavy (non-hydrogen) atoms. The second-order valence-electron chi connectivity index (χ2n) is 7.51. The van der Waals surface area contributed by atoms with Gasteiger partial charge in [0.05, 0.1) is 13.2 Å². The van der Waals surface area contributed by atoms with Crippen molar-refractivity contribution in [1.82, 2.24) is 10.2 Å². The first-order chi connectivity index (χ1) is 14.0. The average molecular weight is 396 g/mol. The third-order valence-electron chi connectivity index (χ3n) is 5.34. The van der Waals surface area contributed by atoms with Gasteiger partial charge in [0, 0.05) is 30.8 Å². The van der Waals surface area contributed by atoms with E-state index in [1.165, 1.54) is 0 Å². The Balaban J connectivity index is 1.63. The summed E-state index contributed by atoms with van der Waals surface area (Å²) in [6.45, 7) is 1.24. The number of nitrogens with zero attached hydrogens (tertiary/aromatic N) is 2. The molecule has 0 bridgehead atoms. The molecule has 1 unspecified atom stereocenters. The van der Waals surface area contributed by atoms with Crippen LogP contribution < -0.4 is 15.0 Å². The number of hydrogen-bond acceptors (Lipinski definition) is 4. The molecule has 2 aromatic rings. The smallest absolute Gasteiger partial charge is 0.251 e. The van der Waals surface area contributed by atoms with Crippen LogP contribution in [0.25, 0.3) is 0 Å². The van der Waals surface area contributed by atoms with Gasteiger partial charge in [-0.15, -0.1) is 0 Å². The summed E-state index contributed by atoms with van der Waals surface area (Å²) >= 11 is 0. The van der Waals surface area contributed by atoms with E-state index in [0.717, 1.165) is 36.4 Å². The standard InChI is InChI=1S/C23H29N3O3/c1-25(2)21(17-9-13-20(29-3)14-10-17)16-24-23(28)18-7-11-19(12-8-18)26-15-5-4-6-22(26)27/h7-14,21H,4-6,15-16H2,1-3H3,(H,24,28). The number of ether oxygens (including phenoxy) is 1. The first kappa shape index (κ1) is 20.9. The fourth-order valence-corrected chi connectivity index (χ4v) is 3.59. The van der Waals surface area contributed by atoms with Crippen LogP contribution in [0.3, 0.4) is 0 Å². The number of nitrogens with one attached hydrogen (secondary N) is 1. The molecule has 1 aliphatic rings. The van der Waals surface area contributed by atoms with Gasteiger partial charge in [-0.1, -0.05) is 12.1 Å². The highest BCUT2D eigenvalue weighted by atomic mass is 16.5. The number of benzene rings is 2. The van der Waals surface area contributed by atoms with Gasteiger partial charge in [0.1, 0.15) is 5.75 Å². The minimum atomic E-state index is -0.123. The van der Waals surface area contributed by atoms with Crippen LogP contribution in [-0.4, -0.2) is 51.0 Å². The van der Waals surface area contributed by atoms with Crippen molar-refractivity contribution in [3.63, 3.8) is 0 Å². The molecule has 154 valence electrons. The third kappa shape index (κ3) is 5.15. The number of methoxy groups -OCH3 is 1. The molecule has 6 nitrogen and oxygen atoms in total. The van der Waals surface area contributed by atoms with E-state index >= 15 is 0 Å². The summed E-state index contributed by atoms with van der Waals surface area (Å²) in [5.74, 6) is 0.839. The molecule has 0 saturated carbocycles. The molecular formula is C23H29N3O3. The molecule has 1 atom stereocenters. The summed E-state index contributed by atoms with van der Waals surface area (Å²) < 4.78 is 5.22. The van der Waals surface area contributed by atoms with Gasteiger partial charge in [0.2, 0.25) is 5.91 Å². The third-order valence-corrected chi connectivity index (χ3v) is 5.34. The number of carbonyl (C=O) groups is 2. The van der Waals surface area contributed by atoms with Gasteiger partial charge in [-0.2, -0.15) is 0 Å². The molecule has 1 aliphatic heterocycles. The highest BCUT2D eigenvalue weighted by Gasteiger charge is 2.20. The molecule has 0 spiro atoms. The maximum absolute atomic E-state index is 12.6. The van der Waals surface area contributed by atoms with Crippen molar-refractivity contribution in [3.8, 4) is 5.75 Å². The van der Waals surface area contributed by atoms with Crippen LogP contribution >= 0.6 is 0 Å². The molecule has 0 aromatic heterocycles. The van der Waals surface area contributed by atoms with Crippen molar-refractivity contribution in [2.24, 2.45) is 0 Å². The van der Waals surface area contributed by atoms with Gasteiger partial charge in [-0.25, -0.2) is 0 Å². The van der Waals surface area contributed by atoms with Crippen molar-refractivity contribution >= 4 is 17.5 Å². The highest BCUT2D eigenvalue weighted by Crippen LogP contribution is 2.22. The van der Waals surface area contributed by atoms with E-state index in [0.29, 0.717) is 18.5 Å². The Morgan fingerprint density at radius 2 is 1.79 bits per heavy atom. The normalized spacial score (nSPS) is 15.3. The zero-order valence-electron chi connectivity index (χ0n) is 17.4. The van der Waals surface area contributed by atoms with Gasteiger partial charge in [0.25, 0.3) is 5.91 Å². The molecule has 6 heteroatoms. The predicted molar refractivity (Wildman–Crippen MR) is 114 cm³/mol. The fourth-order valence-electron chi connectivity index (χ4n) is 3.59. The molecule has 1 fully saturated rings. The lowest BCUT2D eigenvalue weighted by atomic mass is 10.1. The first-order valence-corrected chi connectivity index (χ1v) is 9.98. The molecule has 1 heterocycles. The maximum Gasteiger partial charge on any atom is 0.251 e. The largest absolute Gasteiger partial charge is 0.497 e. The van der Waals surface area contributed by atoms with Crippen molar-refractivity contribution in [2.45, 2.75) is 25.3 Å². The highest BCUT2D eigenvalue weighted by molar-refractivity contribution is 5.97. The van der Waals surface area contributed by atoms with Crippen LogP contribution in [0.4, 0.5) is 5.69 Å². The van der Waals surface area contributed by atoms with E-state index in [9.17, 15) is 9.59 Å². The zero-order chi connectivity index (χ0) is 20.8. The van der Waals surface area contributed by atoms with Crippen LogP contribution in [0.2, 0.25) is 0 Å². The van der Waals surface area contributed by atoms with E-state index in [2.05, 4.69) is 10.2 Å². The first-order valence-electron chi connectivity index (χ1n) is 9.98. The Morgan fingerprint density at radius 1 is 1.10 bits per heavy atom. The number of likely N-dealkylation sites (N-methyl/N-ethyl adjacent to an activating group) is 1. The van der Waals surface area contributed by atoms with Crippen molar-refractivity contribution in [2.75, 3.05) is 39.2 Å². The number of carbonyl (C=O) groups excluding carboxylic acids is 2. The molecule has 0 radical (unpaired) electrons. The molecular weight excluding hydrogens is 366 g/mol. The van der Waals surface area contributed by atoms with Crippen LogP contribution in [0.1, 0.15) is 41.2 Å². The molecule has 1 saturated heterocycles. The number of piperidine rings is 1. The molecule has 1 N–H and O–H groups in total. The van der Waals surface area contributed by atoms with E-state index in [-0.39, 0.29) is 17.9 Å². The number of anilines is 1. The van der Waals surface area contributed by atoms with Gasteiger partial charge in [0.15, 0.2) is 0 Å². The van der Waals surface area contributed by atoms with E-state index in [1.54, 1.807) is 24.1 Å². The Labute approximate surface area is 172 Å². The Kier molecular flexibility index (Phi) is 6.88. The molecule has 3 rings (SSSR count). The van der Waals surface area contributed by atoms with Gasteiger partial charge >= 0.3 is 0 Å². The van der Waals surface area contributed by atoms with Gasteiger partial charge in [-0.3, -0.25) is 9.59 Å². The van der Waals surface area contributed by atoms with Crippen molar-refractivity contribution < 1.29 is 14.3 Å². The van der Waals surface area contributed by atoms with Crippen molar-refractivity contribution in [3.05, 3.63) is 59.7 Å². The van der Waals surface area contributed by atoms with Crippen LogP contribution in [-0.2, 0) is 4.79 Å². The maximum atomic E-state index is 12.6. The Hall–Kier alpha value is -2.86. The summed E-state index contributed by atoms with van der Waals surface area (Å²) in [6.07, 6.45) is 2.57. The molecule has 2 aromatic carbocycles. The lowest BCUT2D eigenvalue weighted by molar-refractivity contribution is -0.119. The minimum absolute atomic E-state index is 0.0510. The van der Waals surface area contributed by atoms with E-state index < -0.39 is 0 Å². The quantitative estimate of drug-likeness (QED) is 0.782. The summed E-state index contributed by atoms with van der Waals surface area (Å²) in [5, 5.41) is 3.02. The number of amides is 2. The fraction of sp³-hybridized carbons (Fsp3) is 0.391. The van der Waals surface area contributed by atoms with E-state index in [1.807, 2.05) is 50.5 Å². The zero-order valence-corrected chi connectivity index (χ0v) is 17.4. The topological polar surface area (TPSA) is 61.9 Å². The summed E-state index contributed by atoms with van der Waals surface area (Å²) in [5.41, 5.74) is 2.55. The lowest BCUT2D eigenvalue weighted by Crippen LogP contribution is -2.35. The molecule has 0 aliphatic carbocycles. The van der Waals surface area contributed by atoms with Crippen LogP contribution in [0.5, 0.6) is 5.75 Å². The number of hydrogen-bond donors (Lipinski definition) is 1. The number of rotatable bonds is 7. The monoisotopic (exact) mass is 395 g/mol. The Bertz CT molecular complexity index is 831. The minimum Gasteiger partial charge on any atom is -0.497 e. The Morgan fingerprint density at radius 3 is 2.38 bits per heavy atom. The predicted octanol–water partition coefficient (Wildman–Crippen LogP) is 3.24. The van der Waals surface area contributed by atoms with Gasteiger partial charge in [-0.05, 0) is 68.9 Å². The van der Waals surface area contributed by atoms with Crippen LogP contribution in [0.15, 0.2) is 48.5 Å². The lowest BCUT2D eigenvalue weighted by Gasteiger charge is -2.27. The second-order valence-corrected chi connectivity index (χ2v) is 7.51. The van der Waals surface area contributed by atoms with Crippen molar-refractivity contribution in [1.29, 1.82) is 0 Å².